The van der Waals surface area contributed by atoms with Crippen molar-refractivity contribution in [3.8, 4) is 0 Å². The Morgan fingerprint density at radius 1 is 1.10 bits per heavy atom. The van der Waals surface area contributed by atoms with Crippen LogP contribution in [0.15, 0.2) is 60.7 Å². The number of ether oxygens (including phenoxy) is 1. The van der Waals surface area contributed by atoms with Crippen LogP contribution in [0.3, 0.4) is 0 Å². The van der Waals surface area contributed by atoms with Gasteiger partial charge in [0.05, 0.1) is 6.61 Å². The van der Waals surface area contributed by atoms with Gasteiger partial charge in [-0.25, -0.2) is 4.79 Å². The summed E-state index contributed by atoms with van der Waals surface area (Å²) in [5, 5.41) is 5.58. The number of carbonyl (C=O) groups excluding carboxylic acids is 3. The lowest BCUT2D eigenvalue weighted by Crippen LogP contribution is -2.47. The lowest BCUT2D eigenvalue weighted by atomic mass is 9.83. The molecule has 2 atom stereocenters. The number of carbonyl (C=O) groups is 3. The van der Waals surface area contributed by atoms with Crippen LogP contribution < -0.4 is 10.6 Å². The molecule has 0 unspecified atom stereocenters. The zero-order chi connectivity index (χ0) is 20.9. The van der Waals surface area contributed by atoms with Crippen LogP contribution in [-0.4, -0.2) is 49.0 Å². The second kappa shape index (κ2) is 8.87. The highest BCUT2D eigenvalue weighted by Gasteiger charge is 2.52. The highest BCUT2D eigenvalue weighted by atomic mass is 16.5. The molecule has 4 amide bonds. The van der Waals surface area contributed by atoms with Gasteiger partial charge in [-0.05, 0) is 18.1 Å². The number of nitrogens with one attached hydrogen (secondary N) is 2. The normalized spacial score (nSPS) is 19.7. The van der Waals surface area contributed by atoms with E-state index in [0.717, 1.165) is 10.5 Å². The van der Waals surface area contributed by atoms with E-state index in [4.69, 9.17) is 4.74 Å². The maximum Gasteiger partial charge on any atom is 0.325 e. The van der Waals surface area contributed by atoms with E-state index >= 15 is 0 Å². The Hall–Kier alpha value is -3.19. The molecule has 29 heavy (non-hydrogen) atoms. The lowest BCUT2D eigenvalue weighted by molar-refractivity contribution is -0.135. The molecule has 0 radical (unpaired) electrons. The van der Waals surface area contributed by atoms with Crippen LogP contribution in [0.2, 0.25) is 0 Å². The number of imide groups is 1. The van der Waals surface area contributed by atoms with Crippen molar-refractivity contribution < 1.29 is 19.1 Å². The first-order chi connectivity index (χ1) is 14.0. The average Bonchev–Trinajstić information content (AvgIpc) is 2.94. The highest BCUT2D eigenvalue weighted by Crippen LogP contribution is 2.32. The molecular formula is C22H25N3O4. The van der Waals surface area contributed by atoms with Gasteiger partial charge in [-0.3, -0.25) is 14.5 Å². The van der Waals surface area contributed by atoms with Gasteiger partial charge in [-0.15, -0.1) is 0 Å². The topological polar surface area (TPSA) is 87.7 Å². The van der Waals surface area contributed by atoms with E-state index in [1.54, 1.807) is 6.92 Å². The smallest absolute Gasteiger partial charge is 0.325 e. The van der Waals surface area contributed by atoms with Crippen molar-refractivity contribution in [2.75, 3.05) is 20.3 Å². The van der Waals surface area contributed by atoms with Crippen molar-refractivity contribution in [1.82, 2.24) is 15.5 Å². The Balaban J connectivity index is 1.87. The van der Waals surface area contributed by atoms with E-state index in [1.165, 1.54) is 7.11 Å². The van der Waals surface area contributed by atoms with E-state index in [1.807, 2.05) is 60.7 Å². The summed E-state index contributed by atoms with van der Waals surface area (Å²) in [5.74, 6) is -0.853. The van der Waals surface area contributed by atoms with Gasteiger partial charge in [-0.2, -0.15) is 0 Å². The second-order valence-electron chi connectivity index (χ2n) is 7.18. The van der Waals surface area contributed by atoms with E-state index in [9.17, 15) is 14.4 Å². The molecule has 152 valence electrons. The SMILES string of the molecule is COC[C@@H](C)NC(=O)CN1C(=O)N[C@](Cc2ccccc2)(c2ccccc2)C1=O. The van der Waals surface area contributed by atoms with Crippen LogP contribution >= 0.6 is 0 Å². The van der Waals surface area contributed by atoms with Gasteiger partial charge in [0.25, 0.3) is 5.91 Å². The molecule has 7 heteroatoms. The molecular weight excluding hydrogens is 370 g/mol. The molecule has 1 aliphatic rings. The molecule has 7 nitrogen and oxygen atoms in total. The Morgan fingerprint density at radius 3 is 2.34 bits per heavy atom. The minimum Gasteiger partial charge on any atom is -0.383 e. The molecule has 2 aromatic rings. The van der Waals surface area contributed by atoms with Gasteiger partial charge in [0.2, 0.25) is 5.91 Å². The van der Waals surface area contributed by atoms with Crippen LogP contribution in [0.1, 0.15) is 18.1 Å². The van der Waals surface area contributed by atoms with E-state index in [2.05, 4.69) is 10.6 Å². The molecule has 0 bridgehead atoms. The quantitative estimate of drug-likeness (QED) is 0.668. The highest BCUT2D eigenvalue weighted by molar-refractivity contribution is 6.09. The van der Waals surface area contributed by atoms with Crippen molar-refractivity contribution in [1.29, 1.82) is 0 Å². The summed E-state index contributed by atoms with van der Waals surface area (Å²) in [4.78, 5) is 39.4. The summed E-state index contributed by atoms with van der Waals surface area (Å²) in [6, 6.07) is 17.8. The molecule has 2 aromatic carbocycles. The first-order valence-corrected chi connectivity index (χ1v) is 9.48. The summed E-state index contributed by atoms with van der Waals surface area (Å²) >= 11 is 0. The fourth-order valence-electron chi connectivity index (χ4n) is 3.57. The van der Waals surface area contributed by atoms with Gasteiger partial charge >= 0.3 is 6.03 Å². The zero-order valence-corrected chi connectivity index (χ0v) is 16.6. The van der Waals surface area contributed by atoms with Crippen LogP contribution in [-0.2, 0) is 26.3 Å². The fourth-order valence-corrected chi connectivity index (χ4v) is 3.57. The third-order valence-electron chi connectivity index (χ3n) is 4.88. The number of nitrogens with zero attached hydrogens (tertiary/aromatic N) is 1. The monoisotopic (exact) mass is 395 g/mol. The van der Waals surface area contributed by atoms with Crippen molar-refractivity contribution >= 4 is 17.8 Å². The molecule has 0 aromatic heterocycles. The summed E-state index contributed by atoms with van der Waals surface area (Å²) < 4.78 is 5.00. The Labute approximate surface area is 170 Å². The summed E-state index contributed by atoms with van der Waals surface area (Å²) in [7, 11) is 1.54. The lowest BCUT2D eigenvalue weighted by Gasteiger charge is -2.27. The van der Waals surface area contributed by atoms with Crippen molar-refractivity contribution in [2.24, 2.45) is 0 Å². The van der Waals surface area contributed by atoms with E-state index < -0.39 is 23.4 Å². The molecule has 0 aliphatic carbocycles. The summed E-state index contributed by atoms with van der Waals surface area (Å²) in [6.45, 7) is 1.78. The number of urea groups is 1. The fraction of sp³-hybridized carbons (Fsp3) is 0.318. The molecule has 1 saturated heterocycles. The van der Waals surface area contributed by atoms with Crippen molar-refractivity contribution in [3.63, 3.8) is 0 Å². The van der Waals surface area contributed by atoms with Gasteiger partial charge in [-0.1, -0.05) is 60.7 Å². The van der Waals surface area contributed by atoms with Gasteiger partial charge in [0, 0.05) is 19.6 Å². The number of rotatable bonds is 8. The minimum absolute atomic E-state index is 0.225. The standard InChI is InChI=1S/C22H25N3O4/c1-16(15-29-2)23-19(26)14-25-20(27)22(24-21(25)28,18-11-7-4-8-12-18)13-17-9-5-3-6-10-17/h3-12,16H,13-15H2,1-2H3,(H,23,26)(H,24,28)/t16-,22-/m1/s1. The maximum atomic E-state index is 13.4. The predicted molar refractivity (Wildman–Crippen MR) is 108 cm³/mol. The predicted octanol–water partition coefficient (Wildman–Crippen LogP) is 1.83. The third kappa shape index (κ3) is 4.46. The number of methoxy groups -OCH3 is 1. The van der Waals surface area contributed by atoms with Gasteiger partial charge in [0.15, 0.2) is 5.54 Å². The Morgan fingerprint density at radius 2 is 1.72 bits per heavy atom. The molecule has 3 rings (SSSR count). The van der Waals surface area contributed by atoms with Crippen LogP contribution in [0.5, 0.6) is 0 Å². The number of amides is 4. The zero-order valence-electron chi connectivity index (χ0n) is 16.6. The first-order valence-electron chi connectivity index (χ1n) is 9.48. The Bertz CT molecular complexity index is 872. The van der Waals surface area contributed by atoms with Crippen molar-refractivity contribution in [2.45, 2.75) is 24.9 Å². The first kappa shape index (κ1) is 20.5. The van der Waals surface area contributed by atoms with Gasteiger partial charge < -0.3 is 15.4 Å². The second-order valence-corrected chi connectivity index (χ2v) is 7.18. The molecule has 0 saturated carbocycles. The average molecular weight is 395 g/mol. The van der Waals surface area contributed by atoms with Crippen LogP contribution in [0.25, 0.3) is 0 Å². The maximum absolute atomic E-state index is 13.4. The molecule has 1 aliphatic heterocycles. The summed E-state index contributed by atoms with van der Waals surface area (Å²) in [5.41, 5.74) is 0.334. The summed E-state index contributed by atoms with van der Waals surface area (Å²) in [6.07, 6.45) is 0.292. The number of benzene rings is 2. The number of hydrogen-bond acceptors (Lipinski definition) is 4. The molecule has 2 N–H and O–H groups in total. The molecule has 0 spiro atoms. The number of hydrogen-bond donors (Lipinski definition) is 2. The van der Waals surface area contributed by atoms with Crippen LogP contribution in [0.4, 0.5) is 4.79 Å². The molecule has 1 heterocycles. The van der Waals surface area contributed by atoms with E-state index in [-0.39, 0.29) is 12.6 Å². The van der Waals surface area contributed by atoms with Crippen molar-refractivity contribution in [3.05, 3.63) is 71.8 Å². The largest absolute Gasteiger partial charge is 0.383 e. The molecule has 1 fully saturated rings. The van der Waals surface area contributed by atoms with Crippen LogP contribution in [0, 0.1) is 0 Å². The third-order valence-corrected chi connectivity index (χ3v) is 4.88. The Kier molecular flexibility index (Phi) is 6.29. The van der Waals surface area contributed by atoms with E-state index in [0.29, 0.717) is 18.6 Å². The minimum atomic E-state index is -1.25. The van der Waals surface area contributed by atoms with Gasteiger partial charge in [0.1, 0.15) is 6.54 Å².